The monoisotopic (exact) mass is 202 g/mol. The van der Waals surface area contributed by atoms with Crippen molar-refractivity contribution in [1.82, 2.24) is 0 Å². The molecular formula is C13H14O2. The van der Waals surface area contributed by atoms with Crippen LogP contribution in [0, 0.1) is 0 Å². The van der Waals surface area contributed by atoms with Crippen LogP contribution in [0.5, 0.6) is 5.75 Å². The number of benzene rings is 1. The lowest BCUT2D eigenvalue weighted by Crippen LogP contribution is -2.10. The summed E-state index contributed by atoms with van der Waals surface area (Å²) in [6, 6.07) is 5.77. The van der Waals surface area contributed by atoms with Crippen LogP contribution in [-0.4, -0.2) is 11.9 Å². The maximum Gasteiger partial charge on any atom is 0.167 e. The van der Waals surface area contributed by atoms with E-state index in [0.29, 0.717) is 12.2 Å². The minimum absolute atomic E-state index is 0.0649. The number of hydrogen-bond acceptors (Lipinski definition) is 2. The molecule has 0 heterocycles. The van der Waals surface area contributed by atoms with Gasteiger partial charge in [-0.15, -0.1) is 0 Å². The van der Waals surface area contributed by atoms with Crippen molar-refractivity contribution in [2.75, 3.05) is 0 Å². The third-order valence-electron chi connectivity index (χ3n) is 2.66. The molecule has 0 bridgehead atoms. The van der Waals surface area contributed by atoms with Crippen LogP contribution in [-0.2, 0) is 6.42 Å². The van der Waals surface area contributed by atoms with E-state index in [9.17, 15) is 4.79 Å². The second kappa shape index (κ2) is 3.89. The second-order valence-corrected chi connectivity index (χ2v) is 3.77. The molecule has 0 saturated heterocycles. The average Bonchev–Trinajstić information content (AvgIpc) is 2.61. The molecular weight excluding hydrogens is 188 g/mol. The van der Waals surface area contributed by atoms with Gasteiger partial charge in [0.05, 0.1) is 5.56 Å². The van der Waals surface area contributed by atoms with Gasteiger partial charge in [-0.05, 0) is 25.0 Å². The van der Waals surface area contributed by atoms with Crippen molar-refractivity contribution >= 4 is 5.78 Å². The molecule has 0 N–H and O–H groups in total. The number of ether oxygens (including phenoxy) is 1. The van der Waals surface area contributed by atoms with Gasteiger partial charge < -0.3 is 4.74 Å². The van der Waals surface area contributed by atoms with Crippen LogP contribution in [0.4, 0.5) is 0 Å². The molecule has 2 rings (SSSR count). The third kappa shape index (κ3) is 1.80. The lowest BCUT2D eigenvalue weighted by Gasteiger charge is -2.13. The smallest absolute Gasteiger partial charge is 0.167 e. The average molecular weight is 202 g/mol. The molecule has 1 aliphatic carbocycles. The summed E-state index contributed by atoms with van der Waals surface area (Å²) in [5, 5.41) is 0. The highest BCUT2D eigenvalue weighted by atomic mass is 16.5. The Kier molecular flexibility index (Phi) is 2.58. The van der Waals surface area contributed by atoms with E-state index in [1.165, 1.54) is 0 Å². The minimum atomic E-state index is -0.0649. The van der Waals surface area contributed by atoms with Crippen molar-refractivity contribution in [2.24, 2.45) is 0 Å². The second-order valence-electron chi connectivity index (χ2n) is 3.77. The summed E-state index contributed by atoms with van der Waals surface area (Å²) in [5.41, 5.74) is 1.87. The molecule has 0 saturated carbocycles. The van der Waals surface area contributed by atoms with Crippen LogP contribution in [0.15, 0.2) is 30.9 Å². The molecule has 0 spiro atoms. The number of carbonyl (C=O) groups excluding carboxylic acids is 1. The largest absolute Gasteiger partial charge is 0.486 e. The van der Waals surface area contributed by atoms with E-state index in [4.69, 9.17) is 4.74 Å². The maximum atomic E-state index is 11.7. The highest BCUT2D eigenvalue weighted by molar-refractivity contribution is 6.02. The Morgan fingerprint density at radius 3 is 3.00 bits per heavy atom. The first-order chi connectivity index (χ1) is 7.22. The zero-order valence-corrected chi connectivity index (χ0v) is 8.82. The molecule has 0 aromatic heterocycles. The van der Waals surface area contributed by atoms with Gasteiger partial charge in [0.15, 0.2) is 5.78 Å². The predicted octanol–water partition coefficient (Wildman–Crippen LogP) is 2.77. The van der Waals surface area contributed by atoms with E-state index in [-0.39, 0.29) is 11.9 Å². The molecule has 2 heteroatoms. The lowest BCUT2D eigenvalue weighted by molar-refractivity contribution is 0.0990. The van der Waals surface area contributed by atoms with Crippen LogP contribution in [0.3, 0.4) is 0 Å². The first-order valence-electron chi connectivity index (χ1n) is 5.16. The third-order valence-corrected chi connectivity index (χ3v) is 2.66. The van der Waals surface area contributed by atoms with Gasteiger partial charge in [0.25, 0.3) is 0 Å². The van der Waals surface area contributed by atoms with Gasteiger partial charge >= 0.3 is 0 Å². The van der Waals surface area contributed by atoms with Gasteiger partial charge in [-0.2, -0.15) is 0 Å². The molecule has 15 heavy (non-hydrogen) atoms. The summed E-state index contributed by atoms with van der Waals surface area (Å²) in [6.07, 6.45) is 3.11. The molecule has 0 aliphatic heterocycles. The quantitative estimate of drug-likeness (QED) is 0.704. The number of ketones is 1. The fraction of sp³-hybridized carbons (Fsp3) is 0.308. The summed E-state index contributed by atoms with van der Waals surface area (Å²) >= 11 is 0. The molecule has 78 valence electrons. The summed E-state index contributed by atoms with van der Waals surface area (Å²) in [6.45, 7) is 5.57. The summed E-state index contributed by atoms with van der Waals surface area (Å²) < 4.78 is 5.64. The molecule has 1 aromatic carbocycles. The standard InChI is InChI=1S/C13H14O2/c1-3-9(2)15-12-6-4-5-10-7-8-11(14)13(10)12/h3-6,9H,1,7-8H2,2H3. The summed E-state index contributed by atoms with van der Waals surface area (Å²) in [4.78, 5) is 11.7. The van der Waals surface area contributed by atoms with Crippen molar-refractivity contribution in [2.45, 2.75) is 25.9 Å². The molecule has 1 aromatic rings. The highest BCUT2D eigenvalue weighted by Crippen LogP contribution is 2.30. The Bertz CT molecular complexity index is 407. The molecule has 2 nitrogen and oxygen atoms in total. The van der Waals surface area contributed by atoms with Crippen molar-refractivity contribution in [3.8, 4) is 5.75 Å². The fourth-order valence-corrected chi connectivity index (χ4v) is 1.82. The highest BCUT2D eigenvalue weighted by Gasteiger charge is 2.23. The molecule has 0 fully saturated rings. The number of carbonyl (C=O) groups is 1. The molecule has 1 aliphatic rings. The fourth-order valence-electron chi connectivity index (χ4n) is 1.82. The summed E-state index contributed by atoms with van der Waals surface area (Å²) in [7, 11) is 0. The molecule has 1 unspecified atom stereocenters. The van der Waals surface area contributed by atoms with Crippen molar-refractivity contribution < 1.29 is 9.53 Å². The van der Waals surface area contributed by atoms with E-state index in [1.807, 2.05) is 25.1 Å². The Balaban J connectivity index is 2.36. The lowest BCUT2D eigenvalue weighted by atomic mass is 10.1. The molecule has 0 amide bonds. The van der Waals surface area contributed by atoms with Gasteiger partial charge in [0.2, 0.25) is 0 Å². The predicted molar refractivity (Wildman–Crippen MR) is 59.4 cm³/mol. The van der Waals surface area contributed by atoms with Gasteiger partial charge in [-0.25, -0.2) is 0 Å². The van der Waals surface area contributed by atoms with E-state index in [0.717, 1.165) is 17.5 Å². The van der Waals surface area contributed by atoms with Gasteiger partial charge in [-0.3, -0.25) is 4.79 Å². The SMILES string of the molecule is C=CC(C)Oc1cccc2c1C(=O)CC2. The van der Waals surface area contributed by atoms with Crippen LogP contribution in [0.1, 0.15) is 29.3 Å². The number of aryl methyl sites for hydroxylation is 1. The normalized spacial score (nSPS) is 15.9. The van der Waals surface area contributed by atoms with Crippen molar-refractivity contribution in [1.29, 1.82) is 0 Å². The van der Waals surface area contributed by atoms with Crippen molar-refractivity contribution in [3.05, 3.63) is 42.0 Å². The summed E-state index contributed by atoms with van der Waals surface area (Å²) in [5.74, 6) is 0.888. The number of hydrogen-bond donors (Lipinski definition) is 0. The van der Waals surface area contributed by atoms with E-state index in [1.54, 1.807) is 6.08 Å². The number of fused-ring (bicyclic) bond motifs is 1. The zero-order chi connectivity index (χ0) is 10.8. The van der Waals surface area contributed by atoms with Gasteiger partial charge in [0, 0.05) is 6.42 Å². The topological polar surface area (TPSA) is 26.3 Å². The van der Waals surface area contributed by atoms with Crippen LogP contribution >= 0.6 is 0 Å². The van der Waals surface area contributed by atoms with Gasteiger partial charge in [0.1, 0.15) is 11.9 Å². The first kappa shape index (κ1) is 9.97. The number of rotatable bonds is 3. The van der Waals surface area contributed by atoms with Crippen LogP contribution < -0.4 is 4.74 Å². The molecule has 0 radical (unpaired) electrons. The Labute approximate surface area is 89.6 Å². The maximum absolute atomic E-state index is 11.7. The van der Waals surface area contributed by atoms with Crippen LogP contribution in [0.25, 0.3) is 0 Å². The Morgan fingerprint density at radius 1 is 1.47 bits per heavy atom. The zero-order valence-electron chi connectivity index (χ0n) is 8.82. The van der Waals surface area contributed by atoms with Crippen molar-refractivity contribution in [3.63, 3.8) is 0 Å². The van der Waals surface area contributed by atoms with E-state index < -0.39 is 0 Å². The van der Waals surface area contributed by atoms with Gasteiger partial charge in [-0.1, -0.05) is 24.8 Å². The Hall–Kier alpha value is -1.57. The van der Waals surface area contributed by atoms with E-state index in [2.05, 4.69) is 6.58 Å². The minimum Gasteiger partial charge on any atom is -0.486 e. The van der Waals surface area contributed by atoms with Crippen LogP contribution in [0.2, 0.25) is 0 Å². The first-order valence-corrected chi connectivity index (χ1v) is 5.16. The van der Waals surface area contributed by atoms with E-state index >= 15 is 0 Å². The molecule has 1 atom stereocenters. The Morgan fingerprint density at radius 2 is 2.27 bits per heavy atom. The number of Topliss-reactive ketones (excluding diaryl/α,β-unsaturated/α-hetero) is 1.